The number of fused-ring (bicyclic) bond motifs is 2. The van der Waals surface area contributed by atoms with Crippen LogP contribution in [0.15, 0.2) is 66.9 Å². The second-order valence-electron chi connectivity index (χ2n) is 8.48. The van der Waals surface area contributed by atoms with E-state index in [1.807, 2.05) is 41.3 Å². The van der Waals surface area contributed by atoms with Crippen LogP contribution >= 0.6 is 0 Å². The molecule has 0 atom stereocenters. The maximum absolute atomic E-state index is 13.7. The second-order valence-corrected chi connectivity index (χ2v) is 8.48. The molecule has 6 nitrogen and oxygen atoms in total. The summed E-state index contributed by atoms with van der Waals surface area (Å²) in [7, 11) is 0. The fourth-order valence-corrected chi connectivity index (χ4v) is 3.96. The number of carbonyl (C=O) groups is 1. The van der Waals surface area contributed by atoms with Gasteiger partial charge in [0, 0.05) is 24.7 Å². The molecule has 35 heavy (non-hydrogen) atoms. The highest BCUT2D eigenvalue weighted by Crippen LogP contribution is 2.32. The van der Waals surface area contributed by atoms with Crippen molar-refractivity contribution in [1.29, 1.82) is 0 Å². The summed E-state index contributed by atoms with van der Waals surface area (Å²) in [6.07, 6.45) is 6.39. The first-order valence-electron chi connectivity index (χ1n) is 12.2. The van der Waals surface area contributed by atoms with Gasteiger partial charge in [0.25, 0.3) is 0 Å². The SMILES string of the molecule is O=C(CCCOc1ccccc1F)N1CCCCCCOc2ccccc2Oc2ncccc2C1. The third-order valence-corrected chi connectivity index (χ3v) is 5.83. The van der Waals surface area contributed by atoms with Crippen LogP contribution in [0.1, 0.15) is 44.1 Å². The van der Waals surface area contributed by atoms with Crippen LogP contribution in [0.2, 0.25) is 0 Å². The Hall–Kier alpha value is -3.61. The fourth-order valence-electron chi connectivity index (χ4n) is 3.96. The smallest absolute Gasteiger partial charge is 0.224 e. The molecule has 0 spiro atoms. The number of para-hydroxylation sites is 3. The van der Waals surface area contributed by atoms with E-state index in [-0.39, 0.29) is 18.3 Å². The average Bonchev–Trinajstić information content (AvgIpc) is 2.87. The molecule has 0 unspecified atom stereocenters. The third-order valence-electron chi connectivity index (χ3n) is 5.83. The summed E-state index contributed by atoms with van der Waals surface area (Å²) in [5, 5.41) is 0. The summed E-state index contributed by atoms with van der Waals surface area (Å²) in [4.78, 5) is 19.4. The van der Waals surface area contributed by atoms with E-state index in [1.165, 1.54) is 6.07 Å². The topological polar surface area (TPSA) is 60.9 Å². The van der Waals surface area contributed by atoms with Crippen molar-refractivity contribution in [1.82, 2.24) is 9.88 Å². The van der Waals surface area contributed by atoms with Gasteiger partial charge in [-0.15, -0.1) is 0 Å². The highest BCUT2D eigenvalue weighted by atomic mass is 19.1. The zero-order chi connectivity index (χ0) is 24.3. The van der Waals surface area contributed by atoms with Gasteiger partial charge in [0.1, 0.15) is 0 Å². The Morgan fingerprint density at radius 3 is 2.66 bits per heavy atom. The van der Waals surface area contributed by atoms with Crippen molar-refractivity contribution in [2.24, 2.45) is 0 Å². The molecule has 0 radical (unpaired) electrons. The molecule has 0 N–H and O–H groups in total. The van der Waals surface area contributed by atoms with E-state index in [0.29, 0.717) is 49.9 Å². The van der Waals surface area contributed by atoms with Crippen LogP contribution in [-0.4, -0.2) is 35.5 Å². The highest BCUT2D eigenvalue weighted by molar-refractivity contribution is 5.76. The van der Waals surface area contributed by atoms with Crippen molar-refractivity contribution in [3.8, 4) is 23.1 Å². The molecular formula is C28H31FN2O4. The summed E-state index contributed by atoms with van der Waals surface area (Å²) in [5.41, 5.74) is 0.829. The molecule has 3 aromatic rings. The van der Waals surface area contributed by atoms with Gasteiger partial charge in [-0.1, -0.05) is 43.2 Å². The molecule has 0 saturated carbocycles. The predicted molar refractivity (Wildman–Crippen MR) is 131 cm³/mol. The van der Waals surface area contributed by atoms with Gasteiger partial charge >= 0.3 is 0 Å². The minimum atomic E-state index is -0.398. The number of hydrogen-bond acceptors (Lipinski definition) is 5. The lowest BCUT2D eigenvalue weighted by Gasteiger charge is -2.24. The normalized spacial score (nSPS) is 14.5. The van der Waals surface area contributed by atoms with Crippen molar-refractivity contribution in [3.63, 3.8) is 0 Å². The van der Waals surface area contributed by atoms with Crippen molar-refractivity contribution in [2.45, 2.75) is 45.1 Å². The Morgan fingerprint density at radius 2 is 1.77 bits per heavy atom. The number of carbonyl (C=O) groups excluding carboxylic acids is 1. The first-order valence-corrected chi connectivity index (χ1v) is 12.2. The van der Waals surface area contributed by atoms with Crippen molar-refractivity contribution in [3.05, 3.63) is 78.2 Å². The Morgan fingerprint density at radius 1 is 0.971 bits per heavy atom. The van der Waals surface area contributed by atoms with Gasteiger partial charge in [0.05, 0.1) is 19.8 Å². The van der Waals surface area contributed by atoms with Crippen LogP contribution in [0.3, 0.4) is 0 Å². The number of aromatic nitrogens is 1. The zero-order valence-corrected chi connectivity index (χ0v) is 19.8. The molecule has 0 saturated heterocycles. The van der Waals surface area contributed by atoms with Crippen LogP contribution in [0, 0.1) is 5.82 Å². The third kappa shape index (κ3) is 7.18. The lowest BCUT2D eigenvalue weighted by Crippen LogP contribution is -2.32. The van der Waals surface area contributed by atoms with E-state index in [2.05, 4.69) is 4.98 Å². The number of nitrogens with zero attached hydrogens (tertiary/aromatic N) is 2. The molecule has 0 fully saturated rings. The number of hydrogen-bond donors (Lipinski definition) is 0. The maximum atomic E-state index is 13.7. The number of halogens is 1. The van der Waals surface area contributed by atoms with Gasteiger partial charge < -0.3 is 19.1 Å². The Kier molecular flexibility index (Phi) is 8.92. The van der Waals surface area contributed by atoms with Crippen LogP contribution in [-0.2, 0) is 11.3 Å². The quantitative estimate of drug-likeness (QED) is 0.412. The number of ether oxygens (including phenoxy) is 3. The van der Waals surface area contributed by atoms with Crippen LogP contribution in [0.4, 0.5) is 4.39 Å². The Balaban J connectivity index is 1.44. The van der Waals surface area contributed by atoms with E-state index >= 15 is 0 Å². The van der Waals surface area contributed by atoms with Crippen molar-refractivity contribution in [2.75, 3.05) is 19.8 Å². The van der Waals surface area contributed by atoms with E-state index in [1.54, 1.807) is 24.4 Å². The first-order chi connectivity index (χ1) is 17.2. The Labute approximate surface area is 205 Å². The second kappa shape index (κ2) is 12.7. The summed E-state index contributed by atoms with van der Waals surface area (Å²) in [6.45, 7) is 1.94. The first kappa shape index (κ1) is 24.5. The molecule has 4 rings (SSSR count). The molecular weight excluding hydrogens is 447 g/mol. The van der Waals surface area contributed by atoms with Crippen LogP contribution in [0.5, 0.6) is 23.1 Å². The van der Waals surface area contributed by atoms with Gasteiger partial charge in [-0.2, -0.15) is 0 Å². The molecule has 0 bridgehead atoms. The van der Waals surface area contributed by atoms with E-state index in [4.69, 9.17) is 14.2 Å². The number of rotatable bonds is 5. The minimum absolute atomic E-state index is 0.0350. The average molecular weight is 479 g/mol. The summed E-state index contributed by atoms with van der Waals surface area (Å²) < 4.78 is 31.4. The molecule has 0 aliphatic carbocycles. The summed E-state index contributed by atoms with van der Waals surface area (Å²) in [6, 6.07) is 17.6. The maximum Gasteiger partial charge on any atom is 0.224 e. The fraction of sp³-hybridized carbons (Fsp3) is 0.357. The molecule has 7 heteroatoms. The van der Waals surface area contributed by atoms with Crippen LogP contribution in [0.25, 0.3) is 0 Å². The van der Waals surface area contributed by atoms with Gasteiger partial charge in [0.2, 0.25) is 11.8 Å². The summed E-state index contributed by atoms with van der Waals surface area (Å²) >= 11 is 0. The molecule has 1 aliphatic rings. The largest absolute Gasteiger partial charge is 0.491 e. The van der Waals surface area contributed by atoms with Gasteiger partial charge in [0.15, 0.2) is 23.1 Å². The Bertz CT molecular complexity index is 1110. The molecule has 1 aromatic heterocycles. The molecule has 1 amide bonds. The molecule has 1 aliphatic heterocycles. The van der Waals surface area contributed by atoms with E-state index < -0.39 is 5.82 Å². The monoisotopic (exact) mass is 478 g/mol. The number of benzene rings is 2. The number of pyridine rings is 1. The molecule has 184 valence electrons. The summed E-state index contributed by atoms with van der Waals surface area (Å²) in [5.74, 6) is 1.59. The van der Waals surface area contributed by atoms with Gasteiger partial charge in [-0.05, 0) is 49.6 Å². The lowest BCUT2D eigenvalue weighted by molar-refractivity contribution is -0.132. The van der Waals surface area contributed by atoms with Crippen molar-refractivity contribution < 1.29 is 23.4 Å². The lowest BCUT2D eigenvalue weighted by atomic mass is 10.1. The van der Waals surface area contributed by atoms with Crippen LogP contribution < -0.4 is 14.2 Å². The van der Waals surface area contributed by atoms with E-state index in [0.717, 1.165) is 31.2 Å². The van der Waals surface area contributed by atoms with Crippen molar-refractivity contribution >= 4 is 5.91 Å². The molecule has 2 heterocycles. The molecule has 2 aromatic carbocycles. The predicted octanol–water partition coefficient (Wildman–Crippen LogP) is 6.15. The minimum Gasteiger partial charge on any atom is -0.491 e. The zero-order valence-electron chi connectivity index (χ0n) is 19.8. The van der Waals surface area contributed by atoms with E-state index in [9.17, 15) is 9.18 Å². The van der Waals surface area contributed by atoms with Gasteiger partial charge in [-0.3, -0.25) is 4.79 Å². The highest BCUT2D eigenvalue weighted by Gasteiger charge is 2.18. The number of amides is 1. The van der Waals surface area contributed by atoms with Gasteiger partial charge in [-0.25, -0.2) is 9.37 Å². The standard InChI is InChI=1S/C28H31FN2O4/c29-23-12-3-4-13-24(23)33-20-10-16-27(32)31-18-7-1-2-8-19-34-25-14-5-6-15-26(25)35-28-22(21-31)11-9-17-30-28/h3-6,9,11-15,17H,1-2,7-8,10,16,18-21H2.